The van der Waals surface area contributed by atoms with Gasteiger partial charge >= 0.3 is 10.1 Å². The second-order valence-electron chi connectivity index (χ2n) is 3.82. The van der Waals surface area contributed by atoms with Crippen LogP contribution in [0.4, 0.5) is 4.79 Å². The molecule has 0 unspecified atom stereocenters. The fourth-order valence-corrected chi connectivity index (χ4v) is 3.53. The molecule has 0 aliphatic carbocycles. The van der Waals surface area contributed by atoms with Crippen LogP contribution in [0.3, 0.4) is 0 Å². The highest BCUT2D eigenvalue weighted by Crippen LogP contribution is 2.00. The van der Waals surface area contributed by atoms with Crippen LogP contribution in [0.1, 0.15) is 6.92 Å². The standard InChI is InChI=1S/C10H15N2O2S2.ClHO4/c1-2-14-9(13)11-3-5-12(6-4-11)10-15-7-8-16-10;2-1(3,4)5/h7-8H,2-6H2,1H3;(H,2,3,4,5)/q+1;/p-1. The molecule has 0 atom stereocenters. The summed E-state index contributed by atoms with van der Waals surface area (Å²) in [6.45, 7) is 5.59. The maximum Gasteiger partial charge on any atom is 0.410 e. The Balaban J connectivity index is 0.000000383. The Morgan fingerprint density at radius 2 is 1.76 bits per heavy atom. The first-order chi connectivity index (χ1) is 9.81. The lowest BCUT2D eigenvalue weighted by atomic mass is 10.4. The third kappa shape index (κ3) is 7.71. The van der Waals surface area contributed by atoms with E-state index in [1.165, 1.54) is 3.98 Å². The van der Waals surface area contributed by atoms with Gasteiger partial charge in [0, 0.05) is 10.8 Å². The van der Waals surface area contributed by atoms with E-state index >= 15 is 0 Å². The lowest BCUT2D eigenvalue weighted by Gasteiger charge is -2.23. The monoisotopic (exact) mass is 358 g/mol. The summed E-state index contributed by atoms with van der Waals surface area (Å²) in [7, 11) is -4.94. The number of halogens is 1. The maximum atomic E-state index is 11.5. The van der Waals surface area contributed by atoms with E-state index in [2.05, 4.69) is 15.3 Å². The summed E-state index contributed by atoms with van der Waals surface area (Å²) in [5, 5.41) is 4.19. The Morgan fingerprint density at radius 3 is 2.19 bits per heavy atom. The van der Waals surface area contributed by atoms with Crippen molar-refractivity contribution in [3.05, 3.63) is 14.7 Å². The van der Waals surface area contributed by atoms with Crippen LogP contribution in [-0.4, -0.2) is 43.8 Å². The quantitative estimate of drug-likeness (QED) is 0.476. The summed E-state index contributed by atoms with van der Waals surface area (Å²) in [5.74, 6) is 0. The van der Waals surface area contributed by atoms with E-state index in [0.717, 1.165) is 26.2 Å². The molecule has 1 aliphatic rings. The zero-order valence-corrected chi connectivity index (χ0v) is 13.6. The molecule has 0 radical (unpaired) electrons. The number of rotatable bonds is 1. The van der Waals surface area contributed by atoms with Crippen molar-refractivity contribution < 1.29 is 38.4 Å². The number of carbonyl (C=O) groups excluding carboxylic acids is 1. The van der Waals surface area contributed by atoms with E-state index in [9.17, 15) is 4.79 Å². The second kappa shape index (κ2) is 8.63. The third-order valence-electron chi connectivity index (χ3n) is 2.46. The van der Waals surface area contributed by atoms with Gasteiger partial charge in [0.25, 0.3) is 0 Å². The Bertz CT molecular complexity index is 479. The molecule has 2 heterocycles. The van der Waals surface area contributed by atoms with Crippen LogP contribution >= 0.6 is 22.7 Å². The molecule has 8 nitrogen and oxygen atoms in total. The van der Waals surface area contributed by atoms with Crippen LogP contribution in [0, 0.1) is 10.2 Å². The summed E-state index contributed by atoms with van der Waals surface area (Å²) in [4.78, 5) is 13.3. The predicted octanol–water partition coefficient (Wildman–Crippen LogP) is -3.70. The molecule has 0 saturated carbocycles. The summed E-state index contributed by atoms with van der Waals surface area (Å²) in [6, 6.07) is 0. The highest BCUT2D eigenvalue weighted by molar-refractivity contribution is 7.24. The second-order valence-corrected chi connectivity index (χ2v) is 6.63. The largest absolute Gasteiger partial charge is 0.450 e. The van der Waals surface area contributed by atoms with Crippen molar-refractivity contribution in [1.29, 1.82) is 0 Å². The number of ether oxygens (including phenoxy) is 1. The Labute approximate surface area is 131 Å². The minimum Gasteiger partial charge on any atom is -0.450 e. The molecule has 0 N–H and O–H groups in total. The van der Waals surface area contributed by atoms with E-state index in [-0.39, 0.29) is 6.09 Å². The smallest absolute Gasteiger partial charge is 0.410 e. The average molecular weight is 359 g/mol. The Kier molecular flexibility index (Phi) is 7.52. The van der Waals surface area contributed by atoms with Gasteiger partial charge in [0.05, 0.1) is 19.7 Å². The van der Waals surface area contributed by atoms with Gasteiger partial charge in [0.2, 0.25) is 0 Å². The van der Waals surface area contributed by atoms with Gasteiger partial charge in [-0.3, -0.25) is 4.90 Å². The molecule has 1 saturated heterocycles. The molecule has 120 valence electrons. The first kappa shape index (κ1) is 18.3. The van der Waals surface area contributed by atoms with Crippen LogP contribution in [0.25, 0.3) is 0 Å². The topological polar surface area (TPSA) is 125 Å². The van der Waals surface area contributed by atoms with E-state index in [4.69, 9.17) is 23.4 Å². The number of hydrogen-bond acceptors (Lipinski definition) is 8. The van der Waals surface area contributed by atoms with Crippen LogP contribution in [0.5, 0.6) is 0 Å². The molecule has 0 bridgehead atoms. The molecule has 0 aromatic carbocycles. The van der Waals surface area contributed by atoms with Crippen molar-refractivity contribution in [2.45, 2.75) is 6.92 Å². The summed E-state index contributed by atoms with van der Waals surface area (Å²) >= 11 is 3.52. The third-order valence-corrected chi connectivity index (χ3v) is 4.67. The number of piperazine rings is 1. The fraction of sp³-hybridized carbons (Fsp3) is 0.600. The SMILES string of the molecule is CCOC(=O)N1CC[N+](=c2sccs2)CC1.[O-][Cl+3]([O-])([O-])[O-]. The molecule has 0 spiro atoms. The van der Waals surface area contributed by atoms with Crippen LogP contribution in [-0.2, 0) is 4.74 Å². The molecular formula is C10H15ClN2O6S2. The fourth-order valence-electron chi connectivity index (χ4n) is 1.64. The minimum atomic E-state index is -4.94. The minimum absolute atomic E-state index is 0.183. The molecule has 1 aromatic rings. The maximum absolute atomic E-state index is 11.5. The average Bonchev–Trinajstić information content (AvgIpc) is 2.91. The highest BCUT2D eigenvalue weighted by Gasteiger charge is 2.24. The molecule has 1 fully saturated rings. The van der Waals surface area contributed by atoms with Gasteiger partial charge in [0.1, 0.15) is 0 Å². The molecule has 21 heavy (non-hydrogen) atoms. The zero-order valence-electron chi connectivity index (χ0n) is 11.2. The van der Waals surface area contributed by atoms with Gasteiger partial charge in [-0.2, -0.15) is 0 Å². The number of amides is 1. The first-order valence-corrected chi connectivity index (χ1v) is 8.94. The van der Waals surface area contributed by atoms with Gasteiger partial charge in [-0.1, -0.05) is 22.7 Å². The van der Waals surface area contributed by atoms with Gasteiger partial charge in [0.15, 0.2) is 13.1 Å². The predicted molar refractivity (Wildman–Crippen MR) is 65.8 cm³/mol. The Morgan fingerprint density at radius 1 is 1.29 bits per heavy atom. The lowest BCUT2D eigenvalue weighted by molar-refractivity contribution is -2.00. The van der Waals surface area contributed by atoms with Crippen molar-refractivity contribution in [2.24, 2.45) is 0 Å². The number of hydrogen-bond donors (Lipinski definition) is 0. The normalized spacial score (nSPS) is 15.3. The first-order valence-electron chi connectivity index (χ1n) is 5.95. The van der Waals surface area contributed by atoms with E-state index in [0.29, 0.717) is 6.61 Å². The van der Waals surface area contributed by atoms with Crippen LogP contribution < -0.4 is 27.2 Å². The number of nitrogens with zero attached hydrogens (tertiary/aromatic N) is 2. The van der Waals surface area contributed by atoms with Crippen molar-refractivity contribution in [1.82, 2.24) is 9.48 Å². The van der Waals surface area contributed by atoms with E-state index < -0.39 is 10.2 Å². The summed E-state index contributed by atoms with van der Waals surface area (Å²) in [5.41, 5.74) is 0. The van der Waals surface area contributed by atoms with E-state index in [1.807, 2.05) is 6.92 Å². The van der Waals surface area contributed by atoms with Crippen LogP contribution in [0.2, 0.25) is 0 Å². The lowest BCUT2D eigenvalue weighted by Crippen LogP contribution is -2.68. The molecule has 1 aromatic heterocycles. The molecule has 11 heteroatoms. The van der Waals surface area contributed by atoms with Gasteiger partial charge in [-0.05, 0) is 6.92 Å². The van der Waals surface area contributed by atoms with Crippen molar-refractivity contribution in [3.8, 4) is 0 Å². The van der Waals surface area contributed by atoms with Gasteiger partial charge < -0.3 is 4.74 Å². The van der Waals surface area contributed by atoms with Crippen molar-refractivity contribution >= 4 is 28.8 Å². The van der Waals surface area contributed by atoms with Crippen molar-refractivity contribution in [3.63, 3.8) is 0 Å². The van der Waals surface area contributed by atoms with Crippen molar-refractivity contribution in [2.75, 3.05) is 32.8 Å². The summed E-state index contributed by atoms with van der Waals surface area (Å²) < 4.78 is 42.6. The molecule has 2 rings (SSSR count). The highest BCUT2D eigenvalue weighted by atomic mass is 35.7. The zero-order chi connectivity index (χ0) is 15.9. The molecule has 1 amide bonds. The Hall–Kier alpha value is -0.750. The van der Waals surface area contributed by atoms with E-state index in [1.54, 1.807) is 27.6 Å². The number of carbonyl (C=O) groups is 1. The molecule has 1 aliphatic heterocycles. The van der Waals surface area contributed by atoms with Gasteiger partial charge in [-0.25, -0.2) is 28.0 Å². The van der Waals surface area contributed by atoms with Crippen LogP contribution in [0.15, 0.2) is 10.8 Å². The summed E-state index contributed by atoms with van der Waals surface area (Å²) in [6.07, 6.45) is -0.183. The van der Waals surface area contributed by atoms with Gasteiger partial charge in [-0.15, -0.1) is 10.2 Å². The molecular weight excluding hydrogens is 344 g/mol.